The molecule has 1 heterocycles. The molecule has 2 aromatic carbocycles. The van der Waals surface area contributed by atoms with E-state index in [0.29, 0.717) is 25.9 Å². The van der Waals surface area contributed by atoms with Crippen molar-refractivity contribution in [2.75, 3.05) is 13.1 Å². The van der Waals surface area contributed by atoms with Gasteiger partial charge in [0.15, 0.2) is 0 Å². The van der Waals surface area contributed by atoms with Crippen molar-refractivity contribution in [3.8, 4) is 0 Å². The highest BCUT2D eigenvalue weighted by molar-refractivity contribution is 7.89. The van der Waals surface area contributed by atoms with Crippen LogP contribution in [-0.2, 0) is 21.4 Å². The van der Waals surface area contributed by atoms with Crippen LogP contribution in [0.4, 0.5) is 0 Å². The Bertz CT molecular complexity index is 960. The molecular weight excluding hydrogens is 396 g/mol. The van der Waals surface area contributed by atoms with E-state index in [1.807, 2.05) is 38.1 Å². The Balaban J connectivity index is 1.72. The second kappa shape index (κ2) is 8.23. The standard InChI is InChI=1S/C21H25ClN2O3S/c1-16-8-10-17(11-9-16)14-23-20(25)21(2)12-5-13-24(15-21)28(26,27)19-7-4-3-6-18(19)22/h3-4,6-11H,5,12-15H2,1-2H3,(H,23,25)/t21-/m0/s1. The van der Waals surface area contributed by atoms with E-state index in [9.17, 15) is 13.2 Å². The fourth-order valence-electron chi connectivity index (χ4n) is 3.48. The Kier molecular flexibility index (Phi) is 6.12. The molecule has 28 heavy (non-hydrogen) atoms. The van der Waals surface area contributed by atoms with Crippen LogP contribution in [0.5, 0.6) is 0 Å². The van der Waals surface area contributed by atoms with Gasteiger partial charge in [-0.3, -0.25) is 4.79 Å². The normalized spacial score (nSPS) is 20.7. The maximum absolute atomic E-state index is 13.0. The highest BCUT2D eigenvalue weighted by Crippen LogP contribution is 2.34. The summed E-state index contributed by atoms with van der Waals surface area (Å²) in [7, 11) is -3.75. The molecular formula is C21H25ClN2O3S. The number of sulfonamides is 1. The van der Waals surface area contributed by atoms with Gasteiger partial charge in [0, 0.05) is 19.6 Å². The smallest absolute Gasteiger partial charge is 0.244 e. The van der Waals surface area contributed by atoms with Gasteiger partial charge in [0.2, 0.25) is 15.9 Å². The number of halogens is 1. The second-order valence-electron chi connectivity index (χ2n) is 7.60. The molecule has 3 rings (SSSR count). The lowest BCUT2D eigenvalue weighted by Crippen LogP contribution is -2.51. The lowest BCUT2D eigenvalue weighted by molar-refractivity contribution is -0.132. The molecule has 150 valence electrons. The molecule has 0 aliphatic carbocycles. The first-order valence-electron chi connectivity index (χ1n) is 9.31. The third-order valence-corrected chi connectivity index (χ3v) is 7.58. The summed E-state index contributed by atoms with van der Waals surface area (Å²) < 4.78 is 27.5. The lowest BCUT2D eigenvalue weighted by Gasteiger charge is -2.38. The highest BCUT2D eigenvalue weighted by atomic mass is 35.5. The van der Waals surface area contributed by atoms with Crippen LogP contribution >= 0.6 is 11.6 Å². The number of hydrogen-bond donors (Lipinski definition) is 1. The maximum atomic E-state index is 13.0. The van der Waals surface area contributed by atoms with Gasteiger partial charge < -0.3 is 5.32 Å². The third-order valence-electron chi connectivity index (χ3n) is 5.24. The molecule has 0 unspecified atom stereocenters. The molecule has 0 bridgehead atoms. The van der Waals surface area contributed by atoms with E-state index in [4.69, 9.17) is 11.6 Å². The van der Waals surface area contributed by atoms with E-state index in [1.165, 1.54) is 10.4 Å². The molecule has 0 radical (unpaired) electrons. The summed E-state index contributed by atoms with van der Waals surface area (Å²) in [4.78, 5) is 13.0. The Morgan fingerprint density at radius 2 is 1.86 bits per heavy atom. The van der Waals surface area contributed by atoms with Crippen molar-refractivity contribution in [2.45, 2.75) is 38.1 Å². The van der Waals surface area contributed by atoms with Gasteiger partial charge in [-0.25, -0.2) is 8.42 Å². The summed E-state index contributed by atoms with van der Waals surface area (Å²) in [5.74, 6) is -0.132. The number of hydrogen-bond acceptors (Lipinski definition) is 3. The van der Waals surface area contributed by atoms with Gasteiger partial charge in [-0.1, -0.05) is 53.6 Å². The minimum atomic E-state index is -3.75. The van der Waals surface area contributed by atoms with Crippen molar-refractivity contribution in [1.82, 2.24) is 9.62 Å². The van der Waals surface area contributed by atoms with Crippen LogP contribution in [-0.4, -0.2) is 31.7 Å². The van der Waals surface area contributed by atoms with Crippen molar-refractivity contribution in [3.05, 3.63) is 64.7 Å². The van der Waals surface area contributed by atoms with Crippen molar-refractivity contribution < 1.29 is 13.2 Å². The van der Waals surface area contributed by atoms with Crippen molar-refractivity contribution >= 4 is 27.5 Å². The van der Waals surface area contributed by atoms with E-state index in [-0.39, 0.29) is 22.4 Å². The summed E-state index contributed by atoms with van der Waals surface area (Å²) in [5, 5.41) is 3.16. The molecule has 1 aliphatic heterocycles. The maximum Gasteiger partial charge on any atom is 0.244 e. The van der Waals surface area contributed by atoms with E-state index >= 15 is 0 Å². The summed E-state index contributed by atoms with van der Waals surface area (Å²) in [5.41, 5.74) is 1.39. The fraction of sp³-hybridized carbons (Fsp3) is 0.381. The highest BCUT2D eigenvalue weighted by Gasteiger charge is 2.42. The average Bonchev–Trinajstić information content (AvgIpc) is 2.67. The Labute approximate surface area is 171 Å². The molecule has 1 amide bonds. The topological polar surface area (TPSA) is 66.5 Å². The summed E-state index contributed by atoms with van der Waals surface area (Å²) in [6.45, 7) is 4.78. The van der Waals surface area contributed by atoms with Gasteiger partial charge in [0.05, 0.1) is 10.4 Å². The largest absolute Gasteiger partial charge is 0.352 e. The zero-order valence-electron chi connectivity index (χ0n) is 16.1. The number of piperidine rings is 1. The first-order valence-corrected chi connectivity index (χ1v) is 11.1. The van der Waals surface area contributed by atoms with Gasteiger partial charge in [-0.05, 0) is 44.4 Å². The van der Waals surface area contributed by atoms with Crippen LogP contribution in [0.25, 0.3) is 0 Å². The van der Waals surface area contributed by atoms with E-state index < -0.39 is 15.4 Å². The summed E-state index contributed by atoms with van der Waals surface area (Å²) in [6, 6.07) is 14.4. The van der Waals surface area contributed by atoms with Gasteiger partial charge in [0.1, 0.15) is 4.90 Å². The molecule has 0 spiro atoms. The number of nitrogens with zero attached hydrogens (tertiary/aromatic N) is 1. The number of amides is 1. The van der Waals surface area contributed by atoms with E-state index in [1.54, 1.807) is 18.2 Å². The number of benzene rings is 2. The molecule has 2 aromatic rings. The van der Waals surface area contributed by atoms with Crippen LogP contribution in [0.15, 0.2) is 53.4 Å². The Morgan fingerprint density at radius 1 is 1.18 bits per heavy atom. The van der Waals surface area contributed by atoms with Crippen molar-refractivity contribution in [3.63, 3.8) is 0 Å². The SMILES string of the molecule is Cc1ccc(CNC(=O)[C@@]2(C)CCCN(S(=O)(=O)c3ccccc3Cl)C2)cc1. The summed E-state index contributed by atoms with van der Waals surface area (Å²) in [6.07, 6.45) is 1.26. The third kappa shape index (κ3) is 4.40. The van der Waals surface area contributed by atoms with Gasteiger partial charge in [-0.15, -0.1) is 0 Å². The molecule has 1 fully saturated rings. The molecule has 1 N–H and O–H groups in total. The Morgan fingerprint density at radius 3 is 2.54 bits per heavy atom. The second-order valence-corrected chi connectivity index (χ2v) is 9.92. The minimum absolute atomic E-state index is 0.0842. The van der Waals surface area contributed by atoms with Gasteiger partial charge in [0.25, 0.3) is 0 Å². The molecule has 0 saturated carbocycles. The van der Waals surface area contributed by atoms with Crippen LogP contribution in [0, 0.1) is 12.3 Å². The van der Waals surface area contributed by atoms with Gasteiger partial charge in [-0.2, -0.15) is 4.31 Å². The predicted octanol–water partition coefficient (Wildman–Crippen LogP) is 3.76. The Hall–Kier alpha value is -1.89. The number of aryl methyl sites for hydroxylation is 1. The molecule has 1 atom stereocenters. The predicted molar refractivity (Wildman–Crippen MR) is 111 cm³/mol. The molecule has 1 saturated heterocycles. The van der Waals surface area contributed by atoms with Gasteiger partial charge >= 0.3 is 0 Å². The van der Waals surface area contributed by atoms with Crippen LogP contribution in [0.2, 0.25) is 5.02 Å². The monoisotopic (exact) mass is 420 g/mol. The quantitative estimate of drug-likeness (QED) is 0.800. The van der Waals surface area contributed by atoms with Crippen LogP contribution in [0.1, 0.15) is 30.9 Å². The molecule has 5 nitrogen and oxygen atoms in total. The summed E-state index contributed by atoms with van der Waals surface area (Å²) >= 11 is 6.11. The van der Waals surface area contributed by atoms with E-state index in [0.717, 1.165) is 11.1 Å². The average molecular weight is 421 g/mol. The fourth-order valence-corrected chi connectivity index (χ4v) is 5.57. The zero-order valence-corrected chi connectivity index (χ0v) is 17.7. The molecule has 7 heteroatoms. The van der Waals surface area contributed by atoms with Crippen molar-refractivity contribution in [1.29, 1.82) is 0 Å². The van der Waals surface area contributed by atoms with Crippen molar-refractivity contribution in [2.24, 2.45) is 5.41 Å². The number of rotatable bonds is 5. The lowest BCUT2D eigenvalue weighted by atomic mass is 9.82. The first kappa shape index (κ1) is 20.8. The number of carbonyl (C=O) groups excluding carboxylic acids is 1. The number of nitrogens with one attached hydrogen (secondary N) is 1. The zero-order chi connectivity index (χ0) is 20.4. The number of carbonyl (C=O) groups is 1. The molecule has 0 aromatic heterocycles. The molecule has 1 aliphatic rings. The first-order chi connectivity index (χ1) is 13.2. The van der Waals surface area contributed by atoms with Crippen LogP contribution in [0.3, 0.4) is 0 Å². The van der Waals surface area contributed by atoms with E-state index in [2.05, 4.69) is 5.32 Å². The minimum Gasteiger partial charge on any atom is -0.352 e. The van der Waals surface area contributed by atoms with Crippen LogP contribution < -0.4 is 5.32 Å².